The molecular weight excluding hydrogens is 300 g/mol. The summed E-state index contributed by atoms with van der Waals surface area (Å²) in [6, 6.07) is 6.06. The maximum absolute atomic E-state index is 13.2. The van der Waals surface area contributed by atoms with Crippen LogP contribution in [0, 0.1) is 6.92 Å². The Labute approximate surface area is 145 Å². The van der Waals surface area contributed by atoms with Gasteiger partial charge in [0.15, 0.2) is 0 Å². The van der Waals surface area contributed by atoms with Crippen LogP contribution in [0.3, 0.4) is 0 Å². The number of anilines is 1. The first kappa shape index (κ1) is 17.2. The van der Waals surface area contributed by atoms with Crippen molar-refractivity contribution in [1.82, 2.24) is 14.7 Å². The van der Waals surface area contributed by atoms with Gasteiger partial charge in [-0.05, 0) is 59.1 Å². The lowest BCUT2D eigenvalue weighted by Gasteiger charge is -2.52. The quantitative estimate of drug-likeness (QED) is 0.899. The van der Waals surface area contributed by atoms with Crippen LogP contribution in [0.25, 0.3) is 0 Å². The highest BCUT2D eigenvalue weighted by Crippen LogP contribution is 2.32. The Morgan fingerprint density at radius 2 is 1.83 bits per heavy atom. The van der Waals surface area contributed by atoms with Crippen LogP contribution >= 0.6 is 0 Å². The molecule has 24 heavy (non-hydrogen) atoms. The van der Waals surface area contributed by atoms with Gasteiger partial charge < -0.3 is 15.1 Å². The Balaban J connectivity index is 1.82. The van der Waals surface area contributed by atoms with E-state index in [0.717, 1.165) is 62.4 Å². The lowest BCUT2D eigenvalue weighted by atomic mass is 9.83. The van der Waals surface area contributed by atoms with E-state index < -0.39 is 0 Å². The van der Waals surface area contributed by atoms with Gasteiger partial charge in [-0.15, -0.1) is 0 Å². The minimum Gasteiger partial charge on any atom is -0.387 e. The number of carbonyl (C=O) groups excluding carboxylic acids is 1. The predicted molar refractivity (Wildman–Crippen MR) is 98.7 cm³/mol. The molecule has 1 aromatic rings. The fourth-order valence-electron chi connectivity index (χ4n) is 4.03. The SMILES string of the molecule is CNc1ccc(C)cc1C(=O)N1CCN(C)C2(CCN(C)CC2)C1. The van der Waals surface area contributed by atoms with Gasteiger partial charge in [0.25, 0.3) is 5.91 Å². The first-order valence-corrected chi connectivity index (χ1v) is 8.93. The van der Waals surface area contributed by atoms with Crippen molar-refractivity contribution in [3.8, 4) is 0 Å². The Hall–Kier alpha value is -1.59. The Morgan fingerprint density at radius 3 is 2.50 bits per heavy atom. The summed E-state index contributed by atoms with van der Waals surface area (Å²) < 4.78 is 0. The molecule has 132 valence electrons. The normalized spacial score (nSPS) is 21.9. The number of hydrogen-bond donors (Lipinski definition) is 1. The van der Waals surface area contributed by atoms with E-state index in [-0.39, 0.29) is 11.4 Å². The molecule has 1 N–H and O–H groups in total. The van der Waals surface area contributed by atoms with Crippen molar-refractivity contribution in [2.45, 2.75) is 25.3 Å². The lowest BCUT2D eigenvalue weighted by molar-refractivity contribution is -0.0170. The molecule has 0 atom stereocenters. The van der Waals surface area contributed by atoms with E-state index in [2.05, 4.69) is 34.1 Å². The number of likely N-dealkylation sites (tertiary alicyclic amines) is 1. The highest BCUT2D eigenvalue weighted by molar-refractivity contribution is 6.00. The number of likely N-dealkylation sites (N-methyl/N-ethyl adjacent to an activating group) is 1. The predicted octanol–water partition coefficient (Wildman–Crippen LogP) is 1.89. The van der Waals surface area contributed by atoms with Crippen LogP contribution in [0.4, 0.5) is 5.69 Å². The second-order valence-electron chi connectivity index (χ2n) is 7.47. The van der Waals surface area contributed by atoms with Crippen LogP contribution in [-0.2, 0) is 0 Å². The van der Waals surface area contributed by atoms with Crippen LogP contribution in [0.15, 0.2) is 18.2 Å². The summed E-state index contributed by atoms with van der Waals surface area (Å²) in [5.74, 6) is 0.162. The molecule has 2 aliphatic heterocycles. The average Bonchev–Trinajstić information content (AvgIpc) is 2.59. The fraction of sp³-hybridized carbons (Fsp3) is 0.632. The molecular formula is C19H30N4O. The molecule has 0 aromatic heterocycles. The van der Waals surface area contributed by atoms with Gasteiger partial charge in [0.2, 0.25) is 0 Å². The van der Waals surface area contributed by atoms with Crippen molar-refractivity contribution in [3.05, 3.63) is 29.3 Å². The molecule has 0 aliphatic carbocycles. The molecule has 3 rings (SSSR count). The van der Waals surface area contributed by atoms with Gasteiger partial charge in [-0.2, -0.15) is 0 Å². The second kappa shape index (κ2) is 6.73. The lowest BCUT2D eigenvalue weighted by Crippen LogP contribution is -2.65. The number of piperidine rings is 1. The number of hydrogen-bond acceptors (Lipinski definition) is 4. The second-order valence-corrected chi connectivity index (χ2v) is 7.47. The third-order valence-corrected chi connectivity index (χ3v) is 5.88. The van der Waals surface area contributed by atoms with Gasteiger partial charge in [0.05, 0.1) is 5.56 Å². The monoisotopic (exact) mass is 330 g/mol. The molecule has 2 fully saturated rings. The summed E-state index contributed by atoms with van der Waals surface area (Å²) >= 11 is 0. The topological polar surface area (TPSA) is 38.8 Å². The minimum absolute atomic E-state index is 0.143. The van der Waals surface area contributed by atoms with Crippen molar-refractivity contribution in [2.75, 3.05) is 59.2 Å². The third kappa shape index (κ3) is 3.15. The summed E-state index contributed by atoms with van der Waals surface area (Å²) in [6.07, 6.45) is 2.27. The van der Waals surface area contributed by atoms with Crippen LogP contribution in [0.5, 0.6) is 0 Å². The zero-order valence-corrected chi connectivity index (χ0v) is 15.4. The van der Waals surface area contributed by atoms with E-state index in [1.165, 1.54) is 0 Å². The number of aryl methyl sites for hydroxylation is 1. The molecule has 0 unspecified atom stereocenters. The number of carbonyl (C=O) groups is 1. The van der Waals surface area contributed by atoms with Gasteiger partial charge >= 0.3 is 0 Å². The smallest absolute Gasteiger partial charge is 0.256 e. The van der Waals surface area contributed by atoms with Gasteiger partial charge in [0, 0.05) is 37.9 Å². The van der Waals surface area contributed by atoms with Crippen molar-refractivity contribution < 1.29 is 4.79 Å². The van der Waals surface area contributed by atoms with Crippen molar-refractivity contribution in [3.63, 3.8) is 0 Å². The first-order valence-electron chi connectivity index (χ1n) is 8.93. The Morgan fingerprint density at radius 1 is 1.12 bits per heavy atom. The summed E-state index contributed by atoms with van der Waals surface area (Å²) in [6.45, 7) is 6.86. The number of nitrogens with one attached hydrogen (secondary N) is 1. The first-order chi connectivity index (χ1) is 11.4. The molecule has 0 radical (unpaired) electrons. The average molecular weight is 330 g/mol. The summed E-state index contributed by atoms with van der Waals surface area (Å²) in [7, 11) is 6.28. The maximum atomic E-state index is 13.2. The third-order valence-electron chi connectivity index (χ3n) is 5.88. The van der Waals surface area contributed by atoms with Crippen molar-refractivity contribution >= 4 is 11.6 Å². The van der Waals surface area contributed by atoms with Gasteiger partial charge in [-0.3, -0.25) is 9.69 Å². The number of piperazine rings is 1. The van der Waals surface area contributed by atoms with Crippen molar-refractivity contribution in [2.24, 2.45) is 0 Å². The number of amides is 1. The highest BCUT2D eigenvalue weighted by atomic mass is 16.2. The molecule has 2 saturated heterocycles. The molecule has 5 nitrogen and oxygen atoms in total. The zero-order chi connectivity index (χ0) is 17.3. The molecule has 2 heterocycles. The van der Waals surface area contributed by atoms with Gasteiger partial charge in [-0.25, -0.2) is 0 Å². The van der Waals surface area contributed by atoms with Gasteiger partial charge in [0.1, 0.15) is 0 Å². The van der Waals surface area contributed by atoms with E-state index in [1.54, 1.807) is 0 Å². The van der Waals surface area contributed by atoms with E-state index in [1.807, 2.05) is 32.2 Å². The number of benzene rings is 1. The fourth-order valence-corrected chi connectivity index (χ4v) is 4.03. The zero-order valence-electron chi connectivity index (χ0n) is 15.4. The maximum Gasteiger partial charge on any atom is 0.256 e. The molecule has 1 spiro atoms. The van der Waals surface area contributed by atoms with E-state index in [4.69, 9.17) is 0 Å². The summed E-state index contributed by atoms with van der Waals surface area (Å²) in [4.78, 5) is 20.1. The number of rotatable bonds is 2. The van der Waals surface area contributed by atoms with E-state index in [9.17, 15) is 4.79 Å². The van der Waals surface area contributed by atoms with Crippen LogP contribution < -0.4 is 5.32 Å². The summed E-state index contributed by atoms with van der Waals surface area (Å²) in [5, 5.41) is 3.16. The minimum atomic E-state index is 0.143. The van der Waals surface area contributed by atoms with E-state index >= 15 is 0 Å². The van der Waals surface area contributed by atoms with E-state index in [0.29, 0.717) is 0 Å². The van der Waals surface area contributed by atoms with Crippen LogP contribution in [0.2, 0.25) is 0 Å². The molecule has 0 bridgehead atoms. The van der Waals surface area contributed by atoms with Crippen LogP contribution in [0.1, 0.15) is 28.8 Å². The molecule has 1 aromatic carbocycles. The Kier molecular flexibility index (Phi) is 4.83. The molecule has 5 heteroatoms. The molecule has 2 aliphatic rings. The summed E-state index contributed by atoms with van der Waals surface area (Å²) in [5.41, 5.74) is 2.98. The van der Waals surface area contributed by atoms with Gasteiger partial charge in [-0.1, -0.05) is 11.6 Å². The molecule has 0 saturated carbocycles. The number of nitrogens with zero attached hydrogens (tertiary/aromatic N) is 3. The largest absolute Gasteiger partial charge is 0.387 e. The van der Waals surface area contributed by atoms with Crippen LogP contribution in [-0.4, -0.2) is 80.0 Å². The highest BCUT2D eigenvalue weighted by Gasteiger charge is 2.43. The standard InChI is InChI=1S/C19H30N4O/c1-15-5-6-17(20-2)16(13-15)18(24)23-12-11-22(4)19(14-23)7-9-21(3)10-8-19/h5-6,13,20H,7-12,14H2,1-4H3. The van der Waals surface area contributed by atoms with Crippen molar-refractivity contribution in [1.29, 1.82) is 0 Å². The Bertz CT molecular complexity index is 607. The molecule has 1 amide bonds.